The Hall–Kier alpha value is -0.160. The SMILES string of the molecule is CCNCC1CCC(COCCN(C)C)O1. The Balaban J connectivity index is 1.98. The van der Waals surface area contributed by atoms with Crippen LogP contribution in [-0.4, -0.2) is 64.1 Å². The Morgan fingerprint density at radius 1 is 1.31 bits per heavy atom. The van der Waals surface area contributed by atoms with Crippen molar-refractivity contribution >= 4 is 0 Å². The van der Waals surface area contributed by atoms with Gasteiger partial charge in [0.05, 0.1) is 25.4 Å². The molecule has 1 aliphatic heterocycles. The Kier molecular flexibility index (Phi) is 6.96. The van der Waals surface area contributed by atoms with E-state index in [1.807, 2.05) is 0 Å². The second kappa shape index (κ2) is 8.01. The average molecular weight is 230 g/mol. The zero-order valence-corrected chi connectivity index (χ0v) is 10.9. The fraction of sp³-hybridized carbons (Fsp3) is 1.00. The summed E-state index contributed by atoms with van der Waals surface area (Å²) in [5.74, 6) is 0. The molecule has 96 valence electrons. The van der Waals surface area contributed by atoms with Crippen LogP contribution < -0.4 is 5.32 Å². The van der Waals surface area contributed by atoms with Gasteiger partial charge in [-0.3, -0.25) is 0 Å². The van der Waals surface area contributed by atoms with Crippen molar-refractivity contribution in [1.82, 2.24) is 10.2 Å². The molecule has 0 amide bonds. The van der Waals surface area contributed by atoms with Gasteiger partial charge in [-0.15, -0.1) is 0 Å². The van der Waals surface area contributed by atoms with E-state index in [1.165, 1.54) is 0 Å². The minimum atomic E-state index is 0.311. The van der Waals surface area contributed by atoms with Gasteiger partial charge in [-0.2, -0.15) is 0 Å². The Bertz CT molecular complexity index is 176. The molecule has 2 atom stereocenters. The monoisotopic (exact) mass is 230 g/mol. The Morgan fingerprint density at radius 2 is 2.06 bits per heavy atom. The molecular weight excluding hydrogens is 204 g/mol. The molecule has 0 aliphatic carbocycles. The lowest BCUT2D eigenvalue weighted by atomic mass is 10.2. The molecule has 0 radical (unpaired) electrons. The zero-order chi connectivity index (χ0) is 11.8. The lowest BCUT2D eigenvalue weighted by Crippen LogP contribution is -2.28. The molecule has 0 aromatic carbocycles. The van der Waals surface area contributed by atoms with Gasteiger partial charge in [0.15, 0.2) is 0 Å². The summed E-state index contributed by atoms with van der Waals surface area (Å²) in [6, 6.07) is 0. The van der Waals surface area contributed by atoms with E-state index in [1.54, 1.807) is 0 Å². The van der Waals surface area contributed by atoms with Gasteiger partial charge < -0.3 is 19.7 Å². The first kappa shape index (κ1) is 13.9. The first-order valence-corrected chi connectivity index (χ1v) is 6.31. The Labute approximate surface area is 99.3 Å². The largest absolute Gasteiger partial charge is 0.377 e. The second-order valence-electron chi connectivity index (χ2n) is 4.64. The summed E-state index contributed by atoms with van der Waals surface area (Å²) in [6.45, 7) is 6.64. The summed E-state index contributed by atoms with van der Waals surface area (Å²) in [5.41, 5.74) is 0. The molecule has 1 fully saturated rings. The van der Waals surface area contributed by atoms with Gasteiger partial charge in [0.2, 0.25) is 0 Å². The summed E-state index contributed by atoms with van der Waals surface area (Å²) in [7, 11) is 4.11. The van der Waals surface area contributed by atoms with E-state index >= 15 is 0 Å². The highest BCUT2D eigenvalue weighted by Gasteiger charge is 2.24. The van der Waals surface area contributed by atoms with Crippen molar-refractivity contribution < 1.29 is 9.47 Å². The van der Waals surface area contributed by atoms with Crippen molar-refractivity contribution in [2.45, 2.75) is 32.0 Å². The number of hydrogen-bond donors (Lipinski definition) is 1. The third kappa shape index (κ3) is 5.80. The van der Waals surface area contributed by atoms with E-state index < -0.39 is 0 Å². The maximum Gasteiger partial charge on any atom is 0.0813 e. The molecule has 1 N–H and O–H groups in total. The Morgan fingerprint density at radius 3 is 2.75 bits per heavy atom. The first-order valence-electron chi connectivity index (χ1n) is 6.31. The molecule has 1 rings (SSSR count). The molecule has 0 spiro atoms. The van der Waals surface area contributed by atoms with Crippen LogP contribution in [0.3, 0.4) is 0 Å². The van der Waals surface area contributed by atoms with Crippen LogP contribution in [0.5, 0.6) is 0 Å². The summed E-state index contributed by atoms with van der Waals surface area (Å²) in [5, 5.41) is 3.32. The first-order chi connectivity index (χ1) is 7.72. The van der Waals surface area contributed by atoms with Crippen LogP contribution in [0.15, 0.2) is 0 Å². The minimum Gasteiger partial charge on any atom is -0.377 e. The van der Waals surface area contributed by atoms with E-state index in [-0.39, 0.29) is 0 Å². The highest BCUT2D eigenvalue weighted by molar-refractivity contribution is 4.74. The van der Waals surface area contributed by atoms with Crippen LogP contribution in [0, 0.1) is 0 Å². The van der Waals surface area contributed by atoms with E-state index in [0.29, 0.717) is 12.2 Å². The van der Waals surface area contributed by atoms with Crippen molar-refractivity contribution in [2.75, 3.05) is 46.9 Å². The number of likely N-dealkylation sites (N-methyl/N-ethyl adjacent to an activating group) is 2. The summed E-state index contributed by atoms with van der Waals surface area (Å²) >= 11 is 0. The highest BCUT2D eigenvalue weighted by atomic mass is 16.5. The van der Waals surface area contributed by atoms with Gasteiger partial charge in [-0.05, 0) is 33.5 Å². The number of hydrogen-bond acceptors (Lipinski definition) is 4. The fourth-order valence-corrected chi connectivity index (χ4v) is 1.82. The summed E-state index contributed by atoms with van der Waals surface area (Å²) < 4.78 is 11.5. The molecule has 4 nitrogen and oxygen atoms in total. The molecule has 16 heavy (non-hydrogen) atoms. The summed E-state index contributed by atoms with van der Waals surface area (Å²) in [6.07, 6.45) is 3.00. The van der Waals surface area contributed by atoms with E-state index in [4.69, 9.17) is 9.47 Å². The average Bonchev–Trinajstić information content (AvgIpc) is 2.69. The van der Waals surface area contributed by atoms with Crippen LogP contribution in [0.25, 0.3) is 0 Å². The van der Waals surface area contributed by atoms with Crippen molar-refractivity contribution in [3.8, 4) is 0 Å². The zero-order valence-electron chi connectivity index (χ0n) is 10.9. The molecule has 0 aromatic heterocycles. The van der Waals surface area contributed by atoms with E-state index in [2.05, 4.69) is 31.2 Å². The molecule has 1 aliphatic rings. The summed E-state index contributed by atoms with van der Waals surface area (Å²) in [4.78, 5) is 2.13. The number of ether oxygens (including phenoxy) is 2. The van der Waals surface area contributed by atoms with Crippen molar-refractivity contribution in [3.05, 3.63) is 0 Å². The minimum absolute atomic E-state index is 0.311. The number of nitrogens with one attached hydrogen (secondary N) is 1. The van der Waals surface area contributed by atoms with Gasteiger partial charge in [0.25, 0.3) is 0 Å². The van der Waals surface area contributed by atoms with Crippen molar-refractivity contribution in [3.63, 3.8) is 0 Å². The molecule has 2 unspecified atom stereocenters. The van der Waals surface area contributed by atoms with E-state index in [0.717, 1.165) is 45.7 Å². The van der Waals surface area contributed by atoms with Crippen LogP contribution in [-0.2, 0) is 9.47 Å². The third-order valence-corrected chi connectivity index (χ3v) is 2.80. The molecule has 1 saturated heterocycles. The molecule has 0 saturated carbocycles. The molecule has 0 aromatic rings. The lowest BCUT2D eigenvalue weighted by molar-refractivity contribution is -0.0163. The van der Waals surface area contributed by atoms with Crippen LogP contribution in [0.4, 0.5) is 0 Å². The molecule has 4 heteroatoms. The fourth-order valence-electron chi connectivity index (χ4n) is 1.82. The maximum atomic E-state index is 5.87. The second-order valence-corrected chi connectivity index (χ2v) is 4.64. The smallest absolute Gasteiger partial charge is 0.0813 e. The molecular formula is C12H26N2O2. The van der Waals surface area contributed by atoms with Gasteiger partial charge >= 0.3 is 0 Å². The number of rotatable bonds is 8. The third-order valence-electron chi connectivity index (χ3n) is 2.80. The van der Waals surface area contributed by atoms with Crippen LogP contribution in [0.2, 0.25) is 0 Å². The van der Waals surface area contributed by atoms with Gasteiger partial charge in [0, 0.05) is 13.1 Å². The number of nitrogens with zero attached hydrogens (tertiary/aromatic N) is 1. The lowest BCUT2D eigenvalue weighted by Gasteiger charge is -2.15. The van der Waals surface area contributed by atoms with Crippen molar-refractivity contribution in [1.29, 1.82) is 0 Å². The predicted molar refractivity (Wildman–Crippen MR) is 65.8 cm³/mol. The normalized spacial score (nSPS) is 25.5. The van der Waals surface area contributed by atoms with Crippen LogP contribution >= 0.6 is 0 Å². The standard InChI is InChI=1S/C12H26N2O2/c1-4-13-9-11-5-6-12(16-11)10-15-8-7-14(2)3/h11-13H,4-10H2,1-3H3. The van der Waals surface area contributed by atoms with Gasteiger partial charge in [0.1, 0.15) is 0 Å². The van der Waals surface area contributed by atoms with Gasteiger partial charge in [-0.25, -0.2) is 0 Å². The molecule has 1 heterocycles. The van der Waals surface area contributed by atoms with Crippen LogP contribution in [0.1, 0.15) is 19.8 Å². The van der Waals surface area contributed by atoms with Gasteiger partial charge in [-0.1, -0.05) is 6.92 Å². The van der Waals surface area contributed by atoms with Crippen molar-refractivity contribution in [2.24, 2.45) is 0 Å². The van der Waals surface area contributed by atoms with E-state index in [9.17, 15) is 0 Å². The molecule has 0 bridgehead atoms. The quantitative estimate of drug-likeness (QED) is 0.623. The maximum absolute atomic E-state index is 5.87. The predicted octanol–water partition coefficient (Wildman–Crippen LogP) is 0.722. The highest BCUT2D eigenvalue weighted by Crippen LogP contribution is 2.19. The topological polar surface area (TPSA) is 33.7 Å².